The zero-order valence-corrected chi connectivity index (χ0v) is 12.0. The topological polar surface area (TPSA) is 47.3 Å². The standard InChI is InChI=1S/C16H21N3O/c1-2-18(14-9-10-14)13-16(20)19(12-6-11-17)15-7-4-3-5-8-15/h3-5,7-8,14H,2,6,9-10,12-13H2,1H3. The van der Waals surface area contributed by atoms with Gasteiger partial charge in [0.15, 0.2) is 0 Å². The maximum Gasteiger partial charge on any atom is 0.241 e. The van der Waals surface area contributed by atoms with Crippen LogP contribution in [0, 0.1) is 11.3 Å². The molecule has 2 rings (SSSR count). The fraction of sp³-hybridized carbons (Fsp3) is 0.500. The Bertz CT molecular complexity index is 476. The fourth-order valence-electron chi connectivity index (χ4n) is 2.37. The third-order valence-electron chi connectivity index (χ3n) is 3.62. The average molecular weight is 271 g/mol. The first-order chi connectivity index (χ1) is 9.76. The van der Waals surface area contributed by atoms with Gasteiger partial charge in [0.1, 0.15) is 0 Å². The summed E-state index contributed by atoms with van der Waals surface area (Å²) in [4.78, 5) is 16.5. The van der Waals surface area contributed by atoms with Crippen LogP contribution in [0.2, 0.25) is 0 Å². The van der Waals surface area contributed by atoms with Crippen molar-refractivity contribution in [3.63, 3.8) is 0 Å². The number of benzene rings is 1. The highest BCUT2D eigenvalue weighted by molar-refractivity contribution is 5.94. The van der Waals surface area contributed by atoms with Gasteiger partial charge >= 0.3 is 0 Å². The molecule has 0 bridgehead atoms. The summed E-state index contributed by atoms with van der Waals surface area (Å²) in [7, 11) is 0. The van der Waals surface area contributed by atoms with Crippen LogP contribution >= 0.6 is 0 Å². The molecular formula is C16H21N3O. The third-order valence-corrected chi connectivity index (χ3v) is 3.62. The van der Waals surface area contributed by atoms with E-state index in [0.29, 0.717) is 25.6 Å². The van der Waals surface area contributed by atoms with Crippen molar-refractivity contribution in [1.82, 2.24) is 4.90 Å². The van der Waals surface area contributed by atoms with Crippen molar-refractivity contribution in [2.45, 2.75) is 32.2 Å². The molecule has 1 amide bonds. The van der Waals surface area contributed by atoms with Crippen molar-refractivity contribution in [3.05, 3.63) is 30.3 Å². The number of carbonyl (C=O) groups excluding carboxylic acids is 1. The van der Waals surface area contributed by atoms with Crippen molar-refractivity contribution in [2.75, 3.05) is 24.5 Å². The Kier molecular flexibility index (Phi) is 5.14. The molecule has 0 saturated heterocycles. The predicted octanol–water partition coefficient (Wildman–Crippen LogP) is 2.42. The fourth-order valence-corrected chi connectivity index (χ4v) is 2.37. The first kappa shape index (κ1) is 14.5. The van der Waals surface area contributed by atoms with Gasteiger partial charge in [-0.1, -0.05) is 25.1 Å². The van der Waals surface area contributed by atoms with Gasteiger partial charge in [0.05, 0.1) is 19.0 Å². The minimum Gasteiger partial charge on any atom is -0.310 e. The van der Waals surface area contributed by atoms with E-state index in [-0.39, 0.29) is 5.91 Å². The number of para-hydroxylation sites is 1. The maximum absolute atomic E-state index is 12.5. The quantitative estimate of drug-likeness (QED) is 0.765. The van der Waals surface area contributed by atoms with Gasteiger partial charge < -0.3 is 4.90 Å². The smallest absolute Gasteiger partial charge is 0.241 e. The molecule has 0 N–H and O–H groups in total. The molecule has 0 aromatic heterocycles. The van der Waals surface area contributed by atoms with Crippen molar-refractivity contribution in [1.29, 1.82) is 5.26 Å². The van der Waals surface area contributed by atoms with E-state index < -0.39 is 0 Å². The van der Waals surface area contributed by atoms with Gasteiger partial charge in [-0.15, -0.1) is 0 Å². The van der Waals surface area contributed by atoms with Gasteiger partial charge in [0.25, 0.3) is 0 Å². The van der Waals surface area contributed by atoms with Crippen LogP contribution in [0.4, 0.5) is 5.69 Å². The molecule has 0 spiro atoms. The zero-order chi connectivity index (χ0) is 14.4. The minimum absolute atomic E-state index is 0.0835. The van der Waals surface area contributed by atoms with E-state index in [1.165, 1.54) is 12.8 Å². The van der Waals surface area contributed by atoms with Crippen LogP contribution in [0.1, 0.15) is 26.2 Å². The Morgan fingerprint density at radius 3 is 2.60 bits per heavy atom. The van der Waals surface area contributed by atoms with E-state index in [0.717, 1.165) is 12.2 Å². The van der Waals surface area contributed by atoms with E-state index in [2.05, 4.69) is 17.9 Å². The normalized spacial score (nSPS) is 14.1. The second-order valence-electron chi connectivity index (χ2n) is 5.08. The lowest BCUT2D eigenvalue weighted by molar-refractivity contribution is -0.119. The Morgan fingerprint density at radius 2 is 2.05 bits per heavy atom. The van der Waals surface area contributed by atoms with Crippen LogP contribution in [0.25, 0.3) is 0 Å². The van der Waals surface area contributed by atoms with E-state index in [1.54, 1.807) is 4.90 Å². The van der Waals surface area contributed by atoms with Gasteiger partial charge in [-0.2, -0.15) is 5.26 Å². The predicted molar refractivity (Wildman–Crippen MR) is 79.3 cm³/mol. The molecular weight excluding hydrogens is 250 g/mol. The van der Waals surface area contributed by atoms with Crippen LogP contribution < -0.4 is 4.90 Å². The van der Waals surface area contributed by atoms with Gasteiger partial charge in [-0.3, -0.25) is 9.69 Å². The van der Waals surface area contributed by atoms with Crippen molar-refractivity contribution in [3.8, 4) is 6.07 Å². The summed E-state index contributed by atoms with van der Waals surface area (Å²) in [5.74, 6) is 0.0835. The van der Waals surface area contributed by atoms with E-state index >= 15 is 0 Å². The number of nitriles is 1. The van der Waals surface area contributed by atoms with Gasteiger partial charge in [-0.05, 0) is 31.5 Å². The van der Waals surface area contributed by atoms with Crippen LogP contribution in [0.15, 0.2) is 30.3 Å². The average Bonchev–Trinajstić information content (AvgIpc) is 3.31. The maximum atomic E-state index is 12.5. The largest absolute Gasteiger partial charge is 0.310 e. The summed E-state index contributed by atoms with van der Waals surface area (Å²) >= 11 is 0. The molecule has 106 valence electrons. The molecule has 1 aromatic rings. The number of anilines is 1. The van der Waals surface area contributed by atoms with Crippen molar-refractivity contribution >= 4 is 11.6 Å². The molecule has 0 atom stereocenters. The molecule has 20 heavy (non-hydrogen) atoms. The molecule has 1 aliphatic carbocycles. The first-order valence-corrected chi connectivity index (χ1v) is 7.22. The lowest BCUT2D eigenvalue weighted by Crippen LogP contribution is -2.41. The Hall–Kier alpha value is -1.86. The van der Waals surface area contributed by atoms with Crippen LogP contribution in [-0.4, -0.2) is 36.5 Å². The number of amides is 1. The monoisotopic (exact) mass is 271 g/mol. The molecule has 1 aromatic carbocycles. The highest BCUT2D eigenvalue weighted by Crippen LogP contribution is 2.26. The molecule has 0 unspecified atom stereocenters. The zero-order valence-electron chi connectivity index (χ0n) is 12.0. The molecule has 1 aliphatic rings. The summed E-state index contributed by atoms with van der Waals surface area (Å²) in [6.07, 6.45) is 2.76. The van der Waals surface area contributed by atoms with Gasteiger partial charge in [0, 0.05) is 18.3 Å². The second kappa shape index (κ2) is 7.06. The number of rotatable bonds is 7. The number of nitrogens with zero attached hydrogens (tertiary/aromatic N) is 3. The van der Waals surface area contributed by atoms with E-state index in [4.69, 9.17) is 5.26 Å². The van der Waals surface area contributed by atoms with Crippen molar-refractivity contribution < 1.29 is 4.79 Å². The lowest BCUT2D eigenvalue weighted by atomic mass is 10.2. The second-order valence-corrected chi connectivity index (χ2v) is 5.08. The van der Waals surface area contributed by atoms with Gasteiger partial charge in [-0.25, -0.2) is 0 Å². The summed E-state index contributed by atoms with van der Waals surface area (Å²) in [5.41, 5.74) is 0.875. The molecule has 1 saturated carbocycles. The summed E-state index contributed by atoms with van der Waals surface area (Å²) in [6.45, 7) is 3.90. The molecule has 4 heteroatoms. The molecule has 4 nitrogen and oxygen atoms in total. The SMILES string of the molecule is CCN(CC(=O)N(CCC#N)c1ccccc1)C1CC1. The minimum atomic E-state index is 0.0835. The third kappa shape index (κ3) is 3.82. The Morgan fingerprint density at radius 1 is 1.35 bits per heavy atom. The van der Waals surface area contributed by atoms with Crippen LogP contribution in [0.5, 0.6) is 0 Å². The highest BCUT2D eigenvalue weighted by Gasteiger charge is 2.30. The van der Waals surface area contributed by atoms with Crippen LogP contribution in [0.3, 0.4) is 0 Å². The number of hydrogen-bond acceptors (Lipinski definition) is 3. The van der Waals surface area contributed by atoms with Gasteiger partial charge in [0.2, 0.25) is 5.91 Å². The van der Waals surface area contributed by atoms with E-state index in [9.17, 15) is 4.79 Å². The first-order valence-electron chi connectivity index (χ1n) is 7.22. The number of carbonyl (C=O) groups is 1. The molecule has 0 radical (unpaired) electrons. The number of likely N-dealkylation sites (N-methyl/N-ethyl adjacent to an activating group) is 1. The van der Waals surface area contributed by atoms with Crippen molar-refractivity contribution in [2.24, 2.45) is 0 Å². The van der Waals surface area contributed by atoms with E-state index in [1.807, 2.05) is 30.3 Å². The molecule has 0 heterocycles. The summed E-state index contributed by atoms with van der Waals surface area (Å²) in [6, 6.07) is 12.3. The van der Waals surface area contributed by atoms with Crippen LogP contribution in [-0.2, 0) is 4.79 Å². The summed E-state index contributed by atoms with van der Waals surface area (Å²) in [5, 5.41) is 8.77. The summed E-state index contributed by atoms with van der Waals surface area (Å²) < 4.78 is 0. The molecule has 0 aliphatic heterocycles. The number of hydrogen-bond donors (Lipinski definition) is 0. The lowest BCUT2D eigenvalue weighted by Gasteiger charge is -2.26. The highest BCUT2D eigenvalue weighted by atomic mass is 16.2. The molecule has 1 fully saturated rings. The Labute approximate surface area is 120 Å². The Balaban J connectivity index is 2.05.